The molecule has 0 fully saturated rings. The van der Waals surface area contributed by atoms with Gasteiger partial charge in [0, 0.05) is 12.7 Å². The largest absolute Gasteiger partial charge is 0.495 e. The number of amides is 1. The molecule has 0 atom stereocenters. The van der Waals surface area contributed by atoms with Crippen molar-refractivity contribution in [1.29, 1.82) is 0 Å². The van der Waals surface area contributed by atoms with Crippen molar-refractivity contribution in [2.75, 3.05) is 26.1 Å². The zero-order valence-corrected chi connectivity index (χ0v) is 11.7. The molecular formula is C15H15NO5. The SMILES string of the molecule is COCC(=O)Nc1ccc(-c2ccc(C=O)o2)cc1OC. The van der Waals surface area contributed by atoms with Gasteiger partial charge in [-0.1, -0.05) is 0 Å². The molecule has 0 aliphatic heterocycles. The van der Waals surface area contributed by atoms with E-state index in [-0.39, 0.29) is 18.3 Å². The maximum absolute atomic E-state index is 11.5. The molecule has 1 aromatic carbocycles. The fraction of sp³-hybridized carbons (Fsp3) is 0.200. The van der Waals surface area contributed by atoms with Crippen LogP contribution < -0.4 is 10.1 Å². The van der Waals surface area contributed by atoms with Crippen LogP contribution in [0.15, 0.2) is 34.7 Å². The molecule has 0 saturated carbocycles. The van der Waals surface area contributed by atoms with Crippen LogP contribution in [0.25, 0.3) is 11.3 Å². The van der Waals surface area contributed by atoms with E-state index < -0.39 is 0 Å². The first-order valence-electron chi connectivity index (χ1n) is 6.20. The Morgan fingerprint density at radius 1 is 1.29 bits per heavy atom. The van der Waals surface area contributed by atoms with E-state index in [0.717, 1.165) is 5.56 Å². The summed E-state index contributed by atoms with van der Waals surface area (Å²) in [7, 11) is 2.95. The zero-order valence-electron chi connectivity index (χ0n) is 11.7. The third kappa shape index (κ3) is 3.49. The van der Waals surface area contributed by atoms with Gasteiger partial charge in [0.05, 0.1) is 12.8 Å². The van der Waals surface area contributed by atoms with Crippen LogP contribution >= 0.6 is 0 Å². The summed E-state index contributed by atoms with van der Waals surface area (Å²) in [5.41, 5.74) is 1.27. The van der Waals surface area contributed by atoms with E-state index in [0.29, 0.717) is 23.5 Å². The third-order valence-electron chi connectivity index (χ3n) is 2.78. The lowest BCUT2D eigenvalue weighted by atomic mass is 10.1. The van der Waals surface area contributed by atoms with Crippen LogP contribution in [-0.4, -0.2) is 33.0 Å². The van der Waals surface area contributed by atoms with Crippen LogP contribution in [0, 0.1) is 0 Å². The summed E-state index contributed by atoms with van der Waals surface area (Å²) in [6.07, 6.45) is 0.639. The highest BCUT2D eigenvalue weighted by Gasteiger charge is 2.11. The highest BCUT2D eigenvalue weighted by molar-refractivity contribution is 5.93. The second-order valence-corrected chi connectivity index (χ2v) is 4.22. The third-order valence-corrected chi connectivity index (χ3v) is 2.78. The Kier molecular flexibility index (Phi) is 4.73. The van der Waals surface area contributed by atoms with E-state index in [1.807, 2.05) is 0 Å². The van der Waals surface area contributed by atoms with Gasteiger partial charge in [-0.15, -0.1) is 0 Å². The van der Waals surface area contributed by atoms with E-state index in [9.17, 15) is 9.59 Å². The zero-order chi connectivity index (χ0) is 15.2. The molecule has 1 aromatic heterocycles. The molecule has 6 nitrogen and oxygen atoms in total. The number of aldehydes is 1. The molecular weight excluding hydrogens is 274 g/mol. The minimum Gasteiger partial charge on any atom is -0.495 e. The van der Waals surface area contributed by atoms with Crippen LogP contribution in [0.1, 0.15) is 10.6 Å². The van der Waals surface area contributed by atoms with Crippen molar-refractivity contribution in [3.05, 3.63) is 36.1 Å². The molecule has 0 radical (unpaired) electrons. The highest BCUT2D eigenvalue weighted by Crippen LogP contribution is 2.31. The number of methoxy groups -OCH3 is 2. The number of carbonyl (C=O) groups is 2. The van der Waals surface area contributed by atoms with Crippen LogP contribution in [0.5, 0.6) is 5.75 Å². The quantitative estimate of drug-likeness (QED) is 0.826. The molecule has 1 amide bonds. The van der Waals surface area contributed by atoms with Gasteiger partial charge >= 0.3 is 0 Å². The maximum Gasteiger partial charge on any atom is 0.250 e. The molecule has 1 N–H and O–H groups in total. The minimum atomic E-state index is -0.273. The molecule has 21 heavy (non-hydrogen) atoms. The number of furan rings is 1. The lowest BCUT2D eigenvalue weighted by Gasteiger charge is -2.11. The normalized spacial score (nSPS) is 10.2. The fourth-order valence-corrected chi connectivity index (χ4v) is 1.84. The van der Waals surface area contributed by atoms with Gasteiger partial charge in [-0.25, -0.2) is 0 Å². The van der Waals surface area contributed by atoms with Crippen molar-refractivity contribution in [2.45, 2.75) is 0 Å². The van der Waals surface area contributed by atoms with Crippen molar-refractivity contribution in [2.24, 2.45) is 0 Å². The van der Waals surface area contributed by atoms with Crippen LogP contribution in [0.4, 0.5) is 5.69 Å². The van der Waals surface area contributed by atoms with E-state index in [4.69, 9.17) is 13.9 Å². The van der Waals surface area contributed by atoms with Crippen LogP contribution in [0.3, 0.4) is 0 Å². The Hall–Kier alpha value is -2.60. The maximum atomic E-state index is 11.5. The highest BCUT2D eigenvalue weighted by atomic mass is 16.5. The number of hydrogen-bond acceptors (Lipinski definition) is 5. The van der Waals surface area contributed by atoms with Gasteiger partial charge < -0.3 is 19.2 Å². The van der Waals surface area contributed by atoms with Gasteiger partial charge in [0.15, 0.2) is 12.0 Å². The van der Waals surface area contributed by atoms with Gasteiger partial charge in [-0.3, -0.25) is 9.59 Å². The first-order chi connectivity index (χ1) is 10.2. The number of anilines is 1. The van der Waals surface area contributed by atoms with Gasteiger partial charge in [0.1, 0.15) is 18.1 Å². The number of ether oxygens (including phenoxy) is 2. The molecule has 0 unspecified atom stereocenters. The van der Waals surface area contributed by atoms with Crippen LogP contribution in [0.2, 0.25) is 0 Å². The Morgan fingerprint density at radius 3 is 2.71 bits per heavy atom. The predicted octanol–water partition coefficient (Wildman–Crippen LogP) is 2.35. The molecule has 0 spiro atoms. The lowest BCUT2D eigenvalue weighted by molar-refractivity contribution is -0.119. The lowest BCUT2D eigenvalue weighted by Crippen LogP contribution is -2.17. The number of benzene rings is 1. The summed E-state index contributed by atoms with van der Waals surface area (Å²) < 4.78 is 15.4. The first-order valence-corrected chi connectivity index (χ1v) is 6.20. The molecule has 0 aliphatic rings. The van der Waals surface area contributed by atoms with Crippen molar-refractivity contribution in [3.63, 3.8) is 0 Å². The Balaban J connectivity index is 2.27. The van der Waals surface area contributed by atoms with Crippen molar-refractivity contribution in [3.8, 4) is 17.1 Å². The fourth-order valence-electron chi connectivity index (χ4n) is 1.84. The average Bonchev–Trinajstić information content (AvgIpc) is 2.97. The van der Waals surface area contributed by atoms with E-state index in [1.165, 1.54) is 14.2 Å². The first kappa shape index (κ1) is 14.8. The Labute approximate surface area is 121 Å². The number of carbonyl (C=O) groups excluding carboxylic acids is 2. The second-order valence-electron chi connectivity index (χ2n) is 4.22. The monoisotopic (exact) mass is 289 g/mol. The van der Waals surface area contributed by atoms with E-state index >= 15 is 0 Å². The summed E-state index contributed by atoms with van der Waals surface area (Å²) in [6, 6.07) is 8.46. The summed E-state index contributed by atoms with van der Waals surface area (Å²) in [5, 5.41) is 2.68. The molecule has 0 aliphatic carbocycles. The molecule has 0 saturated heterocycles. The number of hydrogen-bond donors (Lipinski definition) is 1. The van der Waals surface area contributed by atoms with Crippen molar-refractivity contribution in [1.82, 2.24) is 0 Å². The molecule has 6 heteroatoms. The van der Waals surface area contributed by atoms with Gasteiger partial charge in [0.25, 0.3) is 0 Å². The van der Waals surface area contributed by atoms with E-state index in [1.54, 1.807) is 30.3 Å². The predicted molar refractivity (Wildman–Crippen MR) is 76.6 cm³/mol. The molecule has 1 heterocycles. The smallest absolute Gasteiger partial charge is 0.250 e. The summed E-state index contributed by atoms with van der Waals surface area (Å²) >= 11 is 0. The standard InChI is InChI=1S/C15H15NO5/c1-19-9-15(18)16-12-5-3-10(7-14(12)20-2)13-6-4-11(8-17)21-13/h3-8H,9H2,1-2H3,(H,16,18). The Morgan fingerprint density at radius 2 is 2.10 bits per heavy atom. The molecule has 2 aromatic rings. The summed E-state index contributed by atoms with van der Waals surface area (Å²) in [4.78, 5) is 22.2. The summed E-state index contributed by atoms with van der Waals surface area (Å²) in [6.45, 7) is -0.0359. The van der Waals surface area contributed by atoms with Crippen LogP contribution in [-0.2, 0) is 9.53 Å². The van der Waals surface area contributed by atoms with Gasteiger partial charge in [-0.2, -0.15) is 0 Å². The van der Waals surface area contributed by atoms with Gasteiger partial charge in [-0.05, 0) is 30.3 Å². The van der Waals surface area contributed by atoms with E-state index in [2.05, 4.69) is 5.32 Å². The van der Waals surface area contributed by atoms with Crippen molar-refractivity contribution < 1.29 is 23.5 Å². The Bertz CT molecular complexity index is 647. The molecule has 0 bridgehead atoms. The topological polar surface area (TPSA) is 77.8 Å². The number of rotatable bonds is 6. The number of nitrogens with one attached hydrogen (secondary N) is 1. The summed E-state index contributed by atoms with van der Waals surface area (Å²) in [5.74, 6) is 1.01. The van der Waals surface area contributed by atoms with Gasteiger partial charge in [0.2, 0.25) is 5.91 Å². The molecule has 2 rings (SSSR count). The van der Waals surface area contributed by atoms with Crippen molar-refractivity contribution >= 4 is 17.9 Å². The second kappa shape index (κ2) is 6.71. The average molecular weight is 289 g/mol. The minimum absolute atomic E-state index is 0.0359. The molecule has 110 valence electrons.